The van der Waals surface area contributed by atoms with Gasteiger partial charge in [0, 0.05) is 17.5 Å². The van der Waals surface area contributed by atoms with E-state index in [-0.39, 0.29) is 11.6 Å². The van der Waals surface area contributed by atoms with Crippen molar-refractivity contribution in [2.24, 2.45) is 0 Å². The first-order valence-electron chi connectivity index (χ1n) is 11.6. The van der Waals surface area contributed by atoms with Gasteiger partial charge in [0.1, 0.15) is 5.75 Å². The molecule has 1 aromatic heterocycles. The van der Waals surface area contributed by atoms with Crippen LogP contribution in [0.3, 0.4) is 0 Å². The van der Waals surface area contributed by atoms with E-state index in [2.05, 4.69) is 13.8 Å². The highest BCUT2D eigenvalue weighted by Gasteiger charge is 2.21. The summed E-state index contributed by atoms with van der Waals surface area (Å²) in [5.74, 6) is 1.59. The summed E-state index contributed by atoms with van der Waals surface area (Å²) in [6.07, 6.45) is 9.28. The molecular weight excluding hydrogens is 378 g/mol. The van der Waals surface area contributed by atoms with Crippen molar-refractivity contribution in [3.63, 3.8) is 0 Å². The molecule has 0 aliphatic rings. The molecule has 0 saturated heterocycles. The van der Waals surface area contributed by atoms with Crippen LogP contribution in [0, 0.1) is 0 Å². The molecule has 0 saturated carbocycles. The van der Waals surface area contributed by atoms with E-state index in [4.69, 9.17) is 14.2 Å². The van der Waals surface area contributed by atoms with Gasteiger partial charge in [0.2, 0.25) is 5.75 Å². The van der Waals surface area contributed by atoms with Gasteiger partial charge >= 0.3 is 0 Å². The number of ether oxygens (including phenoxy) is 3. The molecule has 168 valence electrons. The van der Waals surface area contributed by atoms with Gasteiger partial charge in [-0.25, -0.2) is 0 Å². The maximum Gasteiger partial charge on any atom is 0.297 e. The Kier molecular flexibility index (Phi) is 10.0. The maximum atomic E-state index is 13.2. The zero-order valence-electron chi connectivity index (χ0n) is 19.5. The van der Waals surface area contributed by atoms with Crippen LogP contribution in [-0.2, 0) is 0 Å². The number of hydrogen-bond acceptors (Lipinski definition) is 4. The van der Waals surface area contributed by atoms with Gasteiger partial charge in [-0.1, -0.05) is 52.4 Å². The van der Waals surface area contributed by atoms with E-state index in [9.17, 15) is 4.79 Å². The highest BCUT2D eigenvalue weighted by molar-refractivity contribution is 5.89. The molecule has 0 amide bonds. The van der Waals surface area contributed by atoms with Gasteiger partial charge in [0.25, 0.3) is 5.56 Å². The lowest BCUT2D eigenvalue weighted by Gasteiger charge is -2.20. The molecule has 0 unspecified atom stereocenters. The lowest BCUT2D eigenvalue weighted by atomic mass is 10.1. The lowest BCUT2D eigenvalue weighted by Crippen LogP contribution is -2.25. The standard InChI is InChI=1S/C25H39NO4/c1-6-8-10-11-12-13-17-29-20-14-15-21-22(18-20)26(19(3)4)25(27)24(23(21)28-5)30-16-9-7-2/h14-15,18-19H,6-13,16-17H2,1-5H3. The van der Waals surface area contributed by atoms with Crippen LogP contribution >= 0.6 is 0 Å². The van der Waals surface area contributed by atoms with Crippen molar-refractivity contribution >= 4 is 10.9 Å². The molecule has 2 rings (SSSR count). The Bertz CT molecular complexity index is 841. The average molecular weight is 418 g/mol. The van der Waals surface area contributed by atoms with Gasteiger partial charge < -0.3 is 18.8 Å². The fourth-order valence-electron chi connectivity index (χ4n) is 3.66. The lowest BCUT2D eigenvalue weighted by molar-refractivity contribution is 0.282. The van der Waals surface area contributed by atoms with Crippen molar-refractivity contribution in [2.45, 2.75) is 85.1 Å². The smallest absolute Gasteiger partial charge is 0.297 e. The molecular formula is C25H39NO4. The average Bonchev–Trinajstić information content (AvgIpc) is 2.73. The minimum atomic E-state index is -0.154. The minimum Gasteiger partial charge on any atom is -0.494 e. The SMILES string of the molecule is CCCCCCCCOc1ccc2c(OC)c(OCCCC)c(=O)n(C(C)C)c2c1. The molecule has 0 N–H and O–H groups in total. The van der Waals surface area contributed by atoms with Crippen molar-refractivity contribution < 1.29 is 14.2 Å². The third-order valence-electron chi connectivity index (χ3n) is 5.32. The summed E-state index contributed by atoms with van der Waals surface area (Å²) in [5.41, 5.74) is 0.661. The van der Waals surface area contributed by atoms with Crippen LogP contribution in [-0.4, -0.2) is 24.9 Å². The fourth-order valence-corrected chi connectivity index (χ4v) is 3.66. The molecule has 0 bridgehead atoms. The predicted molar refractivity (Wildman–Crippen MR) is 124 cm³/mol. The van der Waals surface area contributed by atoms with Crippen molar-refractivity contribution in [3.8, 4) is 17.2 Å². The minimum absolute atomic E-state index is 0.00625. The predicted octanol–water partition coefficient (Wildman–Crippen LogP) is 6.51. The molecule has 0 atom stereocenters. The Hall–Kier alpha value is -2.17. The fraction of sp³-hybridized carbons (Fsp3) is 0.640. The summed E-state index contributed by atoms with van der Waals surface area (Å²) in [5, 5.41) is 0.865. The second-order valence-corrected chi connectivity index (χ2v) is 8.13. The Balaban J connectivity index is 2.27. The van der Waals surface area contributed by atoms with Crippen molar-refractivity contribution in [1.29, 1.82) is 0 Å². The number of methoxy groups -OCH3 is 1. The molecule has 0 radical (unpaired) electrons. The highest BCUT2D eigenvalue weighted by atomic mass is 16.5. The zero-order chi connectivity index (χ0) is 21.9. The Morgan fingerprint density at radius 3 is 2.20 bits per heavy atom. The van der Waals surface area contributed by atoms with E-state index in [0.717, 1.165) is 35.9 Å². The van der Waals surface area contributed by atoms with E-state index in [1.54, 1.807) is 11.7 Å². The normalized spacial score (nSPS) is 11.3. The van der Waals surface area contributed by atoms with Gasteiger partial charge in [0.15, 0.2) is 5.75 Å². The summed E-state index contributed by atoms with van der Waals surface area (Å²) in [7, 11) is 1.59. The number of nitrogens with zero attached hydrogens (tertiary/aromatic N) is 1. The molecule has 30 heavy (non-hydrogen) atoms. The number of hydrogen-bond donors (Lipinski definition) is 0. The summed E-state index contributed by atoms with van der Waals surface area (Å²) in [6.45, 7) is 9.54. The van der Waals surface area contributed by atoms with Crippen molar-refractivity contribution in [3.05, 3.63) is 28.6 Å². The molecule has 2 aromatic rings. The molecule has 0 spiro atoms. The van der Waals surface area contributed by atoms with Gasteiger partial charge in [-0.15, -0.1) is 0 Å². The number of rotatable bonds is 14. The van der Waals surface area contributed by atoms with Gasteiger partial charge in [-0.05, 0) is 38.8 Å². The van der Waals surface area contributed by atoms with E-state index in [0.29, 0.717) is 24.7 Å². The first-order valence-corrected chi connectivity index (χ1v) is 11.6. The third-order valence-corrected chi connectivity index (χ3v) is 5.32. The number of unbranched alkanes of at least 4 members (excludes halogenated alkanes) is 6. The molecule has 5 heteroatoms. The van der Waals surface area contributed by atoms with E-state index in [1.807, 2.05) is 32.0 Å². The largest absolute Gasteiger partial charge is 0.494 e. The van der Waals surface area contributed by atoms with Crippen LogP contribution in [0.15, 0.2) is 23.0 Å². The molecule has 5 nitrogen and oxygen atoms in total. The van der Waals surface area contributed by atoms with Crippen LogP contribution in [0.2, 0.25) is 0 Å². The Labute approximate surface area is 181 Å². The topological polar surface area (TPSA) is 49.7 Å². The zero-order valence-corrected chi connectivity index (χ0v) is 19.5. The van der Waals surface area contributed by atoms with Crippen LogP contribution in [0.4, 0.5) is 0 Å². The summed E-state index contributed by atoms with van der Waals surface area (Å²) in [4.78, 5) is 13.2. The van der Waals surface area contributed by atoms with Gasteiger partial charge in [-0.3, -0.25) is 4.79 Å². The molecule has 1 aromatic carbocycles. The summed E-state index contributed by atoms with van der Waals surface area (Å²) < 4.78 is 19.2. The quantitative estimate of drug-likeness (QED) is 0.329. The summed E-state index contributed by atoms with van der Waals surface area (Å²) >= 11 is 0. The highest BCUT2D eigenvalue weighted by Crippen LogP contribution is 2.35. The number of fused-ring (bicyclic) bond motifs is 1. The number of benzene rings is 1. The maximum absolute atomic E-state index is 13.2. The monoisotopic (exact) mass is 417 g/mol. The molecule has 0 aliphatic carbocycles. The van der Waals surface area contributed by atoms with E-state index >= 15 is 0 Å². The first-order chi connectivity index (χ1) is 14.5. The second kappa shape index (κ2) is 12.5. The van der Waals surface area contributed by atoms with Crippen LogP contribution in [0.1, 0.15) is 85.1 Å². The number of pyridine rings is 1. The van der Waals surface area contributed by atoms with Crippen LogP contribution in [0.5, 0.6) is 17.2 Å². The molecule has 0 aliphatic heterocycles. The Morgan fingerprint density at radius 1 is 0.867 bits per heavy atom. The molecule has 0 fully saturated rings. The van der Waals surface area contributed by atoms with E-state index < -0.39 is 0 Å². The van der Waals surface area contributed by atoms with Gasteiger partial charge in [0.05, 0.1) is 25.8 Å². The van der Waals surface area contributed by atoms with Crippen molar-refractivity contribution in [1.82, 2.24) is 4.57 Å². The van der Waals surface area contributed by atoms with E-state index in [1.165, 1.54) is 32.1 Å². The number of aromatic nitrogens is 1. The third kappa shape index (κ3) is 6.16. The van der Waals surface area contributed by atoms with Crippen LogP contribution < -0.4 is 19.8 Å². The van der Waals surface area contributed by atoms with Crippen LogP contribution in [0.25, 0.3) is 10.9 Å². The van der Waals surface area contributed by atoms with Gasteiger partial charge in [-0.2, -0.15) is 0 Å². The molecule has 1 heterocycles. The van der Waals surface area contributed by atoms with Crippen molar-refractivity contribution in [2.75, 3.05) is 20.3 Å². The summed E-state index contributed by atoms with van der Waals surface area (Å²) in [6, 6.07) is 5.86. The Morgan fingerprint density at radius 2 is 1.53 bits per heavy atom. The second-order valence-electron chi connectivity index (χ2n) is 8.13. The first kappa shape index (κ1) is 24.1.